The van der Waals surface area contributed by atoms with Crippen LogP contribution in [-0.2, 0) is 25.6 Å². The Morgan fingerprint density at radius 1 is 0.882 bits per heavy atom. The lowest BCUT2D eigenvalue weighted by molar-refractivity contribution is -0.141. The van der Waals surface area contributed by atoms with Crippen LogP contribution in [0.5, 0.6) is 0 Å². The molecule has 0 aromatic heterocycles. The van der Waals surface area contributed by atoms with Crippen LogP contribution in [0, 0.1) is 11.8 Å². The normalized spacial score (nSPS) is 16.3. The second-order valence-electron chi connectivity index (χ2n) is 8.62. The van der Waals surface area contributed by atoms with E-state index in [1.165, 1.54) is 0 Å². The number of benzene rings is 1. The lowest BCUT2D eigenvalue weighted by atomic mass is 9.95. The number of carbonyl (C=O) groups excluding carboxylic acids is 3. The van der Waals surface area contributed by atoms with Gasteiger partial charge in [-0.15, -0.1) is 0 Å². The van der Waals surface area contributed by atoms with E-state index in [1.807, 2.05) is 33.8 Å². The monoisotopic (exact) mass is 494 g/mol. The number of aliphatic carboxylic acids is 1. The van der Waals surface area contributed by atoms with Crippen LogP contribution in [0.4, 0.5) is 0 Å². The van der Waals surface area contributed by atoms with E-state index in [1.54, 1.807) is 24.3 Å². The summed E-state index contributed by atoms with van der Waals surface area (Å²) in [5.74, 6) is -3.23. The Morgan fingerprint density at radius 3 is 1.94 bits per heavy atom. The molecule has 1 aromatic carbocycles. The number of carbonyl (C=O) groups is 4. The number of nitrogens with one attached hydrogen (secondary N) is 3. The van der Waals surface area contributed by atoms with Gasteiger partial charge < -0.3 is 26.8 Å². The summed E-state index contributed by atoms with van der Waals surface area (Å²) in [5.41, 5.74) is 6.82. The Morgan fingerprint density at radius 2 is 1.44 bits per heavy atom. The van der Waals surface area contributed by atoms with Crippen molar-refractivity contribution in [3.05, 3.63) is 35.9 Å². The van der Waals surface area contributed by atoms with E-state index in [0.717, 1.165) is 5.56 Å². The molecule has 34 heavy (non-hydrogen) atoms. The van der Waals surface area contributed by atoms with Gasteiger partial charge in [0.2, 0.25) is 17.7 Å². The lowest BCUT2D eigenvalue weighted by Crippen LogP contribution is -2.59. The molecule has 0 aliphatic heterocycles. The fourth-order valence-corrected chi connectivity index (χ4v) is 3.49. The Labute approximate surface area is 207 Å². The molecule has 0 heterocycles. The molecule has 0 radical (unpaired) electrons. The molecule has 10 heteroatoms. The molecule has 6 N–H and O–H groups in total. The van der Waals surface area contributed by atoms with Gasteiger partial charge in [0.1, 0.15) is 18.1 Å². The summed E-state index contributed by atoms with van der Waals surface area (Å²) < 4.78 is 0. The topological polar surface area (TPSA) is 151 Å². The van der Waals surface area contributed by atoms with Crippen molar-refractivity contribution in [2.24, 2.45) is 17.6 Å². The third-order valence-corrected chi connectivity index (χ3v) is 6.43. The summed E-state index contributed by atoms with van der Waals surface area (Å²) in [5, 5.41) is 17.2. The van der Waals surface area contributed by atoms with Gasteiger partial charge in [-0.1, -0.05) is 70.9 Å². The number of nitrogens with two attached hydrogens (primary N) is 1. The maximum Gasteiger partial charge on any atom is 0.327 e. The summed E-state index contributed by atoms with van der Waals surface area (Å²) in [4.78, 5) is 50.2. The van der Waals surface area contributed by atoms with Crippen molar-refractivity contribution in [2.75, 3.05) is 5.75 Å². The summed E-state index contributed by atoms with van der Waals surface area (Å²) in [7, 11) is 0. The first-order chi connectivity index (χ1) is 16.0. The fourth-order valence-electron chi connectivity index (χ4n) is 3.24. The second-order valence-corrected chi connectivity index (χ2v) is 8.98. The SMILES string of the molecule is CCC(C)C(N)C(=O)NC(C(=O)NC(Cc1ccccc1)C(=O)NC(CS)C(=O)O)C(C)CC. The molecule has 0 spiro atoms. The smallest absolute Gasteiger partial charge is 0.327 e. The fraction of sp³-hybridized carbons (Fsp3) is 0.583. The molecule has 9 nitrogen and oxygen atoms in total. The number of amides is 3. The third-order valence-electron chi connectivity index (χ3n) is 6.07. The van der Waals surface area contributed by atoms with Gasteiger partial charge in [0, 0.05) is 12.2 Å². The number of carboxylic acid groups (broad SMARTS) is 1. The molecule has 0 bridgehead atoms. The third kappa shape index (κ3) is 8.98. The molecule has 190 valence electrons. The first-order valence-corrected chi connectivity index (χ1v) is 12.2. The van der Waals surface area contributed by atoms with Gasteiger partial charge in [0.15, 0.2) is 0 Å². The molecule has 0 saturated heterocycles. The van der Waals surface area contributed by atoms with Crippen molar-refractivity contribution in [1.82, 2.24) is 16.0 Å². The van der Waals surface area contributed by atoms with Crippen molar-refractivity contribution >= 4 is 36.3 Å². The highest BCUT2D eigenvalue weighted by Crippen LogP contribution is 2.12. The van der Waals surface area contributed by atoms with Crippen LogP contribution < -0.4 is 21.7 Å². The van der Waals surface area contributed by atoms with Crippen LogP contribution >= 0.6 is 12.6 Å². The minimum absolute atomic E-state index is 0.0635. The average Bonchev–Trinajstić information content (AvgIpc) is 2.83. The molecule has 0 aliphatic rings. The second kappa shape index (κ2) is 14.6. The summed E-state index contributed by atoms with van der Waals surface area (Å²) >= 11 is 3.98. The molecule has 0 saturated carbocycles. The van der Waals surface area contributed by atoms with Gasteiger partial charge in [-0.25, -0.2) is 4.79 Å². The molecule has 0 fully saturated rings. The molecular weight excluding hydrogens is 456 g/mol. The number of carboxylic acids is 1. The summed E-state index contributed by atoms with van der Waals surface area (Å²) in [6.45, 7) is 7.51. The predicted octanol–water partition coefficient (Wildman–Crippen LogP) is 1.12. The van der Waals surface area contributed by atoms with Gasteiger partial charge in [0.25, 0.3) is 0 Å². The minimum atomic E-state index is -1.23. The van der Waals surface area contributed by atoms with Crippen molar-refractivity contribution < 1.29 is 24.3 Å². The van der Waals surface area contributed by atoms with E-state index < -0.39 is 47.9 Å². The highest BCUT2D eigenvalue weighted by Gasteiger charge is 2.33. The summed E-state index contributed by atoms with van der Waals surface area (Å²) in [6, 6.07) is 5.12. The van der Waals surface area contributed by atoms with E-state index in [4.69, 9.17) is 5.73 Å². The zero-order chi connectivity index (χ0) is 25.8. The first-order valence-electron chi connectivity index (χ1n) is 11.6. The molecule has 6 unspecified atom stereocenters. The average molecular weight is 495 g/mol. The summed E-state index contributed by atoms with van der Waals surface area (Å²) in [6.07, 6.45) is 1.46. The Hall–Kier alpha value is -2.59. The van der Waals surface area contributed by atoms with Crippen molar-refractivity contribution in [2.45, 2.75) is 71.1 Å². The van der Waals surface area contributed by atoms with Gasteiger partial charge in [-0.2, -0.15) is 12.6 Å². The Balaban J connectivity index is 3.12. The number of rotatable bonds is 14. The van der Waals surface area contributed by atoms with Crippen LogP contribution in [0.25, 0.3) is 0 Å². The molecule has 3 amide bonds. The first kappa shape index (κ1) is 29.4. The molecule has 0 aliphatic carbocycles. The van der Waals surface area contributed by atoms with E-state index >= 15 is 0 Å². The maximum absolute atomic E-state index is 13.3. The number of hydrogen-bond donors (Lipinski definition) is 6. The van der Waals surface area contributed by atoms with Gasteiger partial charge >= 0.3 is 5.97 Å². The van der Waals surface area contributed by atoms with Gasteiger partial charge in [-0.3, -0.25) is 14.4 Å². The van der Waals surface area contributed by atoms with E-state index in [-0.39, 0.29) is 24.0 Å². The van der Waals surface area contributed by atoms with Crippen molar-refractivity contribution in [3.8, 4) is 0 Å². The van der Waals surface area contributed by atoms with Crippen LogP contribution in [0.3, 0.4) is 0 Å². The van der Waals surface area contributed by atoms with Crippen LogP contribution in [0.1, 0.15) is 46.1 Å². The largest absolute Gasteiger partial charge is 0.480 e. The molecular formula is C24H38N4O5S. The predicted molar refractivity (Wildman–Crippen MR) is 134 cm³/mol. The minimum Gasteiger partial charge on any atom is -0.480 e. The van der Waals surface area contributed by atoms with E-state index in [0.29, 0.717) is 12.8 Å². The zero-order valence-corrected chi connectivity index (χ0v) is 21.2. The maximum atomic E-state index is 13.3. The van der Waals surface area contributed by atoms with Crippen molar-refractivity contribution in [3.63, 3.8) is 0 Å². The number of thiol groups is 1. The highest BCUT2D eigenvalue weighted by molar-refractivity contribution is 7.80. The standard InChI is InChI=1S/C24H38N4O5S/c1-5-14(3)19(25)22(30)28-20(15(4)6-2)23(31)26-17(12-16-10-8-7-9-11-16)21(29)27-18(13-34)24(32)33/h7-11,14-15,17-20,34H,5-6,12-13,25H2,1-4H3,(H,26,31)(H,27,29)(H,28,30)(H,32,33). The van der Waals surface area contributed by atoms with Crippen LogP contribution in [-0.4, -0.2) is 58.7 Å². The Bertz CT molecular complexity index is 823. The molecule has 1 rings (SSSR count). The van der Waals surface area contributed by atoms with E-state index in [2.05, 4.69) is 28.6 Å². The molecule has 6 atom stereocenters. The van der Waals surface area contributed by atoms with Crippen molar-refractivity contribution in [1.29, 1.82) is 0 Å². The number of hydrogen-bond acceptors (Lipinski definition) is 6. The lowest BCUT2D eigenvalue weighted by Gasteiger charge is -2.28. The zero-order valence-electron chi connectivity index (χ0n) is 20.3. The Kier molecular flexibility index (Phi) is 12.7. The molecule has 1 aromatic rings. The highest BCUT2D eigenvalue weighted by atomic mass is 32.1. The van der Waals surface area contributed by atoms with Gasteiger partial charge in [0.05, 0.1) is 6.04 Å². The van der Waals surface area contributed by atoms with Crippen LogP contribution in [0.15, 0.2) is 30.3 Å². The van der Waals surface area contributed by atoms with Crippen LogP contribution in [0.2, 0.25) is 0 Å². The quantitative estimate of drug-likeness (QED) is 0.213. The van der Waals surface area contributed by atoms with E-state index in [9.17, 15) is 24.3 Å². The van der Waals surface area contributed by atoms with Gasteiger partial charge in [-0.05, 0) is 17.4 Å².